The Morgan fingerprint density at radius 1 is 1.20 bits per heavy atom. The Hall–Kier alpha value is -2.60. The van der Waals surface area contributed by atoms with Crippen LogP contribution in [0.1, 0.15) is 30.3 Å². The Bertz CT molecular complexity index is 791. The van der Waals surface area contributed by atoms with Gasteiger partial charge in [-0.05, 0) is 25.1 Å². The monoisotopic (exact) mass is 363 g/mol. The van der Waals surface area contributed by atoms with E-state index in [-0.39, 0.29) is 30.9 Å². The Labute approximate surface area is 150 Å². The van der Waals surface area contributed by atoms with Crippen LogP contribution in [-0.2, 0) is 9.53 Å². The lowest BCUT2D eigenvalue weighted by atomic mass is 10.1. The predicted molar refractivity (Wildman–Crippen MR) is 93.1 cm³/mol. The minimum atomic E-state index is -0.470. The molecule has 0 radical (unpaired) electrons. The first-order valence-electron chi connectivity index (χ1n) is 7.69. The van der Waals surface area contributed by atoms with Crippen LogP contribution in [0.5, 0.6) is 11.5 Å². The molecule has 2 aromatic rings. The maximum Gasteiger partial charge on any atom is 0.306 e. The minimum Gasteiger partial charge on any atom is -0.506 e. The molecule has 0 fully saturated rings. The number of rotatable bonds is 7. The van der Waals surface area contributed by atoms with Gasteiger partial charge in [-0.1, -0.05) is 23.7 Å². The van der Waals surface area contributed by atoms with Crippen LogP contribution in [0, 0.1) is 0 Å². The van der Waals surface area contributed by atoms with Gasteiger partial charge in [-0.25, -0.2) is 4.98 Å². The van der Waals surface area contributed by atoms with Gasteiger partial charge in [-0.3, -0.25) is 9.59 Å². The van der Waals surface area contributed by atoms with Gasteiger partial charge in [-0.2, -0.15) is 0 Å². The maximum atomic E-state index is 12.3. The summed E-state index contributed by atoms with van der Waals surface area (Å²) in [5.41, 5.74) is 0.877. The normalized spacial score (nSPS) is 10.4. The summed E-state index contributed by atoms with van der Waals surface area (Å²) in [6.07, 6.45) is -0.174. The lowest BCUT2D eigenvalue weighted by Crippen LogP contribution is -2.09. The molecule has 2 rings (SSSR count). The van der Waals surface area contributed by atoms with E-state index in [1.165, 1.54) is 13.2 Å². The molecule has 0 aliphatic heterocycles. The van der Waals surface area contributed by atoms with Crippen molar-refractivity contribution in [2.24, 2.45) is 0 Å². The average Bonchev–Trinajstić information content (AvgIpc) is 2.61. The zero-order valence-corrected chi connectivity index (χ0v) is 14.7. The van der Waals surface area contributed by atoms with E-state index in [1.807, 2.05) is 0 Å². The summed E-state index contributed by atoms with van der Waals surface area (Å²) in [6.45, 7) is 1.94. The molecule has 0 bridgehead atoms. The number of nitrogens with zero attached hydrogens (tertiary/aromatic N) is 1. The van der Waals surface area contributed by atoms with Crippen molar-refractivity contribution in [1.29, 1.82) is 0 Å². The first kappa shape index (κ1) is 18.7. The van der Waals surface area contributed by atoms with Gasteiger partial charge in [0.2, 0.25) is 0 Å². The Kier molecular flexibility index (Phi) is 6.36. The van der Waals surface area contributed by atoms with Gasteiger partial charge >= 0.3 is 5.97 Å². The molecule has 7 heteroatoms. The summed E-state index contributed by atoms with van der Waals surface area (Å²) in [4.78, 5) is 27.9. The molecule has 6 nitrogen and oxygen atoms in total. The van der Waals surface area contributed by atoms with E-state index in [1.54, 1.807) is 31.2 Å². The number of hydrogen-bond acceptors (Lipinski definition) is 6. The molecule has 25 heavy (non-hydrogen) atoms. The number of halogens is 1. The van der Waals surface area contributed by atoms with Crippen molar-refractivity contribution in [3.05, 3.63) is 41.0 Å². The molecular formula is C18H18ClNO5. The smallest absolute Gasteiger partial charge is 0.306 e. The number of esters is 1. The highest BCUT2D eigenvalue weighted by molar-refractivity contribution is 6.34. The summed E-state index contributed by atoms with van der Waals surface area (Å²) >= 11 is 6.28. The van der Waals surface area contributed by atoms with E-state index in [0.717, 1.165) is 0 Å². The summed E-state index contributed by atoms with van der Waals surface area (Å²) in [7, 11) is 1.50. The van der Waals surface area contributed by atoms with Crippen LogP contribution in [0.25, 0.3) is 11.3 Å². The van der Waals surface area contributed by atoms with Gasteiger partial charge in [0.05, 0.1) is 30.9 Å². The van der Waals surface area contributed by atoms with Crippen LogP contribution in [0.4, 0.5) is 0 Å². The zero-order chi connectivity index (χ0) is 18.4. The average molecular weight is 364 g/mol. The molecule has 0 aliphatic rings. The van der Waals surface area contributed by atoms with E-state index in [4.69, 9.17) is 21.1 Å². The van der Waals surface area contributed by atoms with E-state index in [0.29, 0.717) is 22.0 Å². The van der Waals surface area contributed by atoms with Gasteiger partial charge in [0, 0.05) is 12.0 Å². The summed E-state index contributed by atoms with van der Waals surface area (Å²) in [6, 6.07) is 8.11. The molecule has 0 aliphatic carbocycles. The fraction of sp³-hybridized carbons (Fsp3) is 0.278. The first-order chi connectivity index (χ1) is 12.0. The summed E-state index contributed by atoms with van der Waals surface area (Å²) in [5.74, 6) is -0.699. The lowest BCUT2D eigenvalue weighted by molar-refractivity contribution is -0.143. The number of ether oxygens (including phenoxy) is 2. The fourth-order valence-electron chi connectivity index (χ4n) is 2.24. The fourth-order valence-corrected chi connectivity index (χ4v) is 2.54. The molecule has 0 atom stereocenters. The van der Waals surface area contributed by atoms with Crippen molar-refractivity contribution in [1.82, 2.24) is 4.98 Å². The van der Waals surface area contributed by atoms with Crippen LogP contribution in [-0.4, -0.2) is 35.6 Å². The topological polar surface area (TPSA) is 85.7 Å². The standard InChI is InChI=1S/C18H18ClNO5/c1-3-25-16(23)10-9-14(22)18-13(21)8-7-12(20-18)11-5-4-6-15(24-2)17(11)19/h4-8,21H,3,9-10H2,1-2H3. The number of hydrogen-bond donors (Lipinski definition) is 1. The van der Waals surface area contributed by atoms with Crippen LogP contribution >= 0.6 is 11.6 Å². The van der Waals surface area contributed by atoms with Crippen molar-refractivity contribution in [2.75, 3.05) is 13.7 Å². The van der Waals surface area contributed by atoms with Gasteiger partial charge in [-0.15, -0.1) is 0 Å². The molecule has 1 aromatic heterocycles. The second-order valence-corrected chi connectivity index (χ2v) is 5.49. The Morgan fingerprint density at radius 2 is 1.96 bits per heavy atom. The third kappa shape index (κ3) is 4.48. The number of ketones is 1. The number of aromatic nitrogens is 1. The maximum absolute atomic E-state index is 12.3. The number of aromatic hydroxyl groups is 1. The molecule has 1 aromatic carbocycles. The molecule has 0 saturated carbocycles. The molecule has 132 valence electrons. The van der Waals surface area contributed by atoms with Crippen molar-refractivity contribution in [3.63, 3.8) is 0 Å². The van der Waals surface area contributed by atoms with Crippen LogP contribution < -0.4 is 4.74 Å². The Morgan fingerprint density at radius 3 is 2.64 bits per heavy atom. The molecule has 1 N–H and O–H groups in total. The third-order valence-corrected chi connectivity index (χ3v) is 3.85. The van der Waals surface area contributed by atoms with Crippen LogP contribution in [0.3, 0.4) is 0 Å². The number of benzene rings is 1. The van der Waals surface area contributed by atoms with Crippen LogP contribution in [0.15, 0.2) is 30.3 Å². The number of carbonyl (C=O) groups is 2. The number of Topliss-reactive ketones (excluding diaryl/α,β-unsaturated/α-hetero) is 1. The first-order valence-corrected chi connectivity index (χ1v) is 8.07. The number of pyridine rings is 1. The van der Waals surface area contributed by atoms with Gasteiger partial charge < -0.3 is 14.6 Å². The molecule has 0 spiro atoms. The van der Waals surface area contributed by atoms with E-state index in [9.17, 15) is 14.7 Å². The minimum absolute atomic E-state index is 0.0715. The van der Waals surface area contributed by atoms with Gasteiger partial charge in [0.15, 0.2) is 5.78 Å². The Balaban J connectivity index is 2.29. The highest BCUT2D eigenvalue weighted by Gasteiger charge is 2.18. The SMILES string of the molecule is CCOC(=O)CCC(=O)c1nc(-c2cccc(OC)c2Cl)ccc1O. The molecular weight excluding hydrogens is 346 g/mol. The molecule has 0 saturated heterocycles. The molecule has 0 unspecified atom stereocenters. The zero-order valence-electron chi connectivity index (χ0n) is 13.9. The number of carbonyl (C=O) groups excluding carboxylic acids is 2. The third-order valence-electron chi connectivity index (χ3n) is 3.46. The highest BCUT2D eigenvalue weighted by atomic mass is 35.5. The molecule has 0 amide bonds. The predicted octanol–water partition coefficient (Wildman–Crippen LogP) is 3.64. The van der Waals surface area contributed by atoms with Crippen LogP contribution in [0.2, 0.25) is 5.02 Å². The van der Waals surface area contributed by atoms with E-state index < -0.39 is 11.8 Å². The second kappa shape index (κ2) is 8.48. The second-order valence-electron chi connectivity index (χ2n) is 5.11. The summed E-state index contributed by atoms with van der Waals surface area (Å²) in [5, 5.41) is 10.3. The number of methoxy groups -OCH3 is 1. The van der Waals surface area contributed by atoms with E-state index >= 15 is 0 Å². The highest BCUT2D eigenvalue weighted by Crippen LogP contribution is 2.35. The van der Waals surface area contributed by atoms with Crippen molar-refractivity contribution >= 4 is 23.4 Å². The van der Waals surface area contributed by atoms with Crippen molar-refractivity contribution in [2.45, 2.75) is 19.8 Å². The lowest BCUT2D eigenvalue weighted by Gasteiger charge is -2.10. The van der Waals surface area contributed by atoms with Crippen molar-refractivity contribution in [3.8, 4) is 22.8 Å². The van der Waals surface area contributed by atoms with Crippen molar-refractivity contribution < 1.29 is 24.2 Å². The van der Waals surface area contributed by atoms with Gasteiger partial charge in [0.25, 0.3) is 0 Å². The van der Waals surface area contributed by atoms with E-state index in [2.05, 4.69) is 4.98 Å². The van der Waals surface area contributed by atoms with Gasteiger partial charge in [0.1, 0.15) is 17.2 Å². The quantitative estimate of drug-likeness (QED) is 0.597. The summed E-state index contributed by atoms with van der Waals surface area (Å²) < 4.78 is 9.96. The largest absolute Gasteiger partial charge is 0.506 e. The molecule has 1 heterocycles.